The molecular weight excluding hydrogens is 400 g/mol. The van der Waals surface area contributed by atoms with Crippen LogP contribution in [0.5, 0.6) is 0 Å². The lowest BCUT2D eigenvalue weighted by atomic mass is 10.3. The molecule has 0 fully saturated rings. The van der Waals surface area contributed by atoms with Crippen LogP contribution in [-0.4, -0.2) is 15.4 Å². The zero-order chi connectivity index (χ0) is 19.5. The summed E-state index contributed by atoms with van der Waals surface area (Å²) in [6, 6.07) is 12.6. The Morgan fingerprint density at radius 2 is 2.07 bits per heavy atom. The van der Waals surface area contributed by atoms with Crippen LogP contribution in [0.3, 0.4) is 0 Å². The average molecular weight is 417 g/mol. The molecule has 1 amide bonds. The molecule has 0 N–H and O–H groups in total. The number of halogens is 1. The Morgan fingerprint density at radius 1 is 1.18 bits per heavy atom. The van der Waals surface area contributed by atoms with Crippen LogP contribution in [0.25, 0.3) is 11.1 Å². The molecule has 6 nitrogen and oxygen atoms in total. The lowest BCUT2D eigenvalue weighted by molar-refractivity contribution is -0.132. The highest BCUT2D eigenvalue weighted by Crippen LogP contribution is 2.20. The molecule has 8 heteroatoms. The van der Waals surface area contributed by atoms with Gasteiger partial charge in [0, 0.05) is 28.9 Å². The van der Waals surface area contributed by atoms with Gasteiger partial charge >= 0.3 is 5.76 Å². The van der Waals surface area contributed by atoms with E-state index in [2.05, 4.69) is 0 Å². The number of aromatic nitrogens is 1. The second kappa shape index (κ2) is 8.08. The van der Waals surface area contributed by atoms with Crippen LogP contribution in [-0.2, 0) is 24.4 Å². The number of fused-ring (bicyclic) bond motifs is 1. The van der Waals surface area contributed by atoms with Crippen molar-refractivity contribution >= 4 is 39.9 Å². The summed E-state index contributed by atoms with van der Waals surface area (Å²) >= 11 is 7.54. The largest absolute Gasteiger partial charge is 0.467 e. The number of aryl methyl sites for hydroxylation is 1. The molecule has 0 bridgehead atoms. The molecule has 4 rings (SSSR count). The highest BCUT2D eigenvalue weighted by molar-refractivity contribution is 7.09. The Labute approximate surface area is 169 Å². The zero-order valence-corrected chi connectivity index (χ0v) is 16.4. The summed E-state index contributed by atoms with van der Waals surface area (Å²) in [4.78, 5) is 27.9. The number of hydrogen-bond acceptors (Lipinski definition) is 5. The maximum atomic E-state index is 12.9. The van der Waals surface area contributed by atoms with Crippen molar-refractivity contribution in [1.29, 1.82) is 0 Å². The van der Waals surface area contributed by atoms with Gasteiger partial charge in [0.1, 0.15) is 5.76 Å². The third kappa shape index (κ3) is 4.05. The molecular formula is C20H17ClN2O4S. The van der Waals surface area contributed by atoms with Gasteiger partial charge < -0.3 is 13.7 Å². The molecule has 0 aliphatic heterocycles. The summed E-state index contributed by atoms with van der Waals surface area (Å²) in [6.45, 7) is 1.10. The van der Waals surface area contributed by atoms with Crippen LogP contribution in [0.2, 0.25) is 5.02 Å². The number of amides is 1. The van der Waals surface area contributed by atoms with Crippen molar-refractivity contribution in [2.75, 3.05) is 0 Å². The minimum atomic E-state index is -0.499. The molecule has 0 saturated carbocycles. The summed E-state index contributed by atoms with van der Waals surface area (Å²) < 4.78 is 12.1. The van der Waals surface area contributed by atoms with E-state index in [1.807, 2.05) is 23.6 Å². The second-order valence-corrected chi connectivity index (χ2v) is 7.76. The normalized spacial score (nSPS) is 11.2. The summed E-state index contributed by atoms with van der Waals surface area (Å²) in [6.07, 6.45) is 1.76. The smallest absolute Gasteiger partial charge is 0.419 e. The van der Waals surface area contributed by atoms with Crippen molar-refractivity contribution in [3.8, 4) is 0 Å². The number of hydrogen-bond donors (Lipinski definition) is 0. The van der Waals surface area contributed by atoms with Crippen molar-refractivity contribution in [2.45, 2.75) is 26.1 Å². The first-order valence-electron chi connectivity index (χ1n) is 8.71. The van der Waals surface area contributed by atoms with Crippen LogP contribution >= 0.6 is 22.9 Å². The SMILES string of the molecule is O=C(CCn1c(=O)oc2cc(Cl)ccc21)N(Cc1ccco1)Cc1cccs1. The van der Waals surface area contributed by atoms with Crippen LogP contribution in [0, 0.1) is 0 Å². The van der Waals surface area contributed by atoms with E-state index in [0.717, 1.165) is 4.88 Å². The second-order valence-electron chi connectivity index (χ2n) is 6.29. The number of oxazole rings is 1. The first kappa shape index (κ1) is 18.6. The van der Waals surface area contributed by atoms with Gasteiger partial charge in [-0.3, -0.25) is 9.36 Å². The van der Waals surface area contributed by atoms with E-state index < -0.39 is 5.76 Å². The Balaban J connectivity index is 1.51. The molecule has 0 saturated heterocycles. The van der Waals surface area contributed by atoms with Gasteiger partial charge in [-0.05, 0) is 35.7 Å². The maximum absolute atomic E-state index is 12.9. The zero-order valence-electron chi connectivity index (χ0n) is 14.8. The van der Waals surface area contributed by atoms with E-state index in [9.17, 15) is 9.59 Å². The molecule has 0 aliphatic rings. The average Bonchev–Trinajstić information content (AvgIpc) is 3.41. The first-order valence-corrected chi connectivity index (χ1v) is 9.97. The van der Waals surface area contributed by atoms with Crippen molar-refractivity contribution in [3.05, 3.63) is 80.3 Å². The standard InChI is InChI=1S/C20H17ClN2O4S/c21-14-5-6-17-18(11-14)27-20(25)23(17)8-7-19(24)22(12-15-3-1-9-26-15)13-16-4-2-10-28-16/h1-6,9-11H,7-8,12-13H2. The molecule has 144 valence electrons. The lowest BCUT2D eigenvalue weighted by Gasteiger charge is -2.21. The summed E-state index contributed by atoms with van der Waals surface area (Å²) in [5, 5.41) is 2.47. The van der Waals surface area contributed by atoms with Gasteiger partial charge in [-0.15, -0.1) is 11.3 Å². The van der Waals surface area contributed by atoms with Gasteiger partial charge in [-0.2, -0.15) is 0 Å². The van der Waals surface area contributed by atoms with Crippen LogP contribution in [0.1, 0.15) is 17.1 Å². The number of benzene rings is 1. The highest BCUT2D eigenvalue weighted by atomic mass is 35.5. The molecule has 0 unspecified atom stereocenters. The Morgan fingerprint density at radius 3 is 2.82 bits per heavy atom. The van der Waals surface area contributed by atoms with E-state index in [0.29, 0.717) is 35.0 Å². The lowest BCUT2D eigenvalue weighted by Crippen LogP contribution is -2.31. The van der Waals surface area contributed by atoms with Gasteiger partial charge in [0.2, 0.25) is 5.91 Å². The molecule has 3 aromatic heterocycles. The van der Waals surface area contributed by atoms with E-state index >= 15 is 0 Å². The van der Waals surface area contributed by atoms with E-state index in [1.54, 1.807) is 46.8 Å². The molecule has 0 aliphatic carbocycles. The molecule has 0 radical (unpaired) electrons. The summed E-state index contributed by atoms with van der Waals surface area (Å²) in [5.41, 5.74) is 1.04. The summed E-state index contributed by atoms with van der Waals surface area (Å²) in [5.74, 6) is 0.145. The molecule has 28 heavy (non-hydrogen) atoms. The molecule has 4 aromatic rings. The molecule has 0 spiro atoms. The number of rotatable bonds is 7. The van der Waals surface area contributed by atoms with Gasteiger partial charge in [0.15, 0.2) is 5.58 Å². The number of carbonyl (C=O) groups excluding carboxylic acids is 1. The Bertz CT molecular complexity index is 1090. The molecule has 1 aromatic carbocycles. The minimum absolute atomic E-state index is 0.0694. The number of furan rings is 1. The predicted molar refractivity (Wildman–Crippen MR) is 107 cm³/mol. The quantitative estimate of drug-likeness (QED) is 0.444. The van der Waals surface area contributed by atoms with Crippen molar-refractivity contribution < 1.29 is 13.6 Å². The van der Waals surface area contributed by atoms with E-state index in [-0.39, 0.29) is 18.9 Å². The van der Waals surface area contributed by atoms with Gasteiger partial charge in [-0.25, -0.2) is 4.79 Å². The van der Waals surface area contributed by atoms with Gasteiger partial charge in [-0.1, -0.05) is 17.7 Å². The molecule has 0 atom stereocenters. The van der Waals surface area contributed by atoms with Crippen LogP contribution in [0.4, 0.5) is 0 Å². The monoisotopic (exact) mass is 416 g/mol. The number of nitrogens with zero attached hydrogens (tertiary/aromatic N) is 2. The predicted octanol–water partition coefficient (Wildman–Crippen LogP) is 4.52. The van der Waals surface area contributed by atoms with E-state index in [1.165, 1.54) is 4.57 Å². The maximum Gasteiger partial charge on any atom is 0.419 e. The Kier molecular flexibility index (Phi) is 5.36. The third-order valence-corrected chi connectivity index (χ3v) is 5.48. The highest BCUT2D eigenvalue weighted by Gasteiger charge is 2.18. The van der Waals surface area contributed by atoms with Gasteiger partial charge in [0.25, 0.3) is 0 Å². The first-order chi connectivity index (χ1) is 13.6. The topological polar surface area (TPSA) is 68.6 Å². The fourth-order valence-electron chi connectivity index (χ4n) is 3.03. The minimum Gasteiger partial charge on any atom is -0.467 e. The molecule has 3 heterocycles. The van der Waals surface area contributed by atoms with Crippen LogP contribution < -0.4 is 5.76 Å². The fraction of sp³-hybridized carbons (Fsp3) is 0.200. The number of carbonyl (C=O) groups is 1. The summed E-state index contributed by atoms with van der Waals surface area (Å²) in [7, 11) is 0. The van der Waals surface area contributed by atoms with Crippen molar-refractivity contribution in [1.82, 2.24) is 9.47 Å². The van der Waals surface area contributed by atoms with Crippen LogP contribution in [0.15, 0.2) is 67.7 Å². The van der Waals surface area contributed by atoms with Crippen molar-refractivity contribution in [2.24, 2.45) is 0 Å². The Hall–Kier alpha value is -2.77. The third-order valence-electron chi connectivity index (χ3n) is 4.39. The van der Waals surface area contributed by atoms with Crippen molar-refractivity contribution in [3.63, 3.8) is 0 Å². The number of thiophene rings is 1. The fourth-order valence-corrected chi connectivity index (χ4v) is 3.91. The van der Waals surface area contributed by atoms with Gasteiger partial charge in [0.05, 0.1) is 24.9 Å². The van der Waals surface area contributed by atoms with E-state index in [4.69, 9.17) is 20.4 Å².